The van der Waals surface area contributed by atoms with Crippen molar-refractivity contribution in [2.75, 3.05) is 0 Å². The molecule has 3 aromatic rings. The first kappa shape index (κ1) is 13.0. The average Bonchev–Trinajstić information content (AvgIpc) is 2.82. The van der Waals surface area contributed by atoms with E-state index in [1.165, 1.54) is 0 Å². The highest BCUT2D eigenvalue weighted by Gasteiger charge is 2.16. The van der Waals surface area contributed by atoms with Crippen LogP contribution in [0.15, 0.2) is 30.5 Å². The molecule has 0 aliphatic rings. The Morgan fingerprint density at radius 2 is 2.10 bits per heavy atom. The molecule has 0 aliphatic heterocycles. The minimum Gasteiger partial charge on any atom is -0.323 e. The van der Waals surface area contributed by atoms with E-state index in [1.54, 1.807) is 10.9 Å². The van der Waals surface area contributed by atoms with Gasteiger partial charge in [0.05, 0.1) is 21.9 Å². The monoisotopic (exact) mass is 287 g/mol. The molecule has 0 saturated heterocycles. The van der Waals surface area contributed by atoms with E-state index in [0.717, 1.165) is 28.0 Å². The number of pyridine rings is 1. The van der Waals surface area contributed by atoms with Crippen LogP contribution in [0.4, 0.5) is 0 Å². The molecule has 0 bridgehead atoms. The molecule has 0 radical (unpaired) electrons. The van der Waals surface area contributed by atoms with Crippen LogP contribution in [-0.4, -0.2) is 20.0 Å². The highest BCUT2D eigenvalue weighted by Crippen LogP contribution is 2.28. The van der Waals surface area contributed by atoms with Gasteiger partial charge < -0.3 is 5.73 Å². The maximum absolute atomic E-state index is 6.21. The Kier molecular flexibility index (Phi) is 3.16. The van der Waals surface area contributed by atoms with E-state index >= 15 is 0 Å². The molecular formula is C14H14ClN5. The van der Waals surface area contributed by atoms with Crippen LogP contribution in [0.3, 0.4) is 0 Å². The van der Waals surface area contributed by atoms with Gasteiger partial charge in [-0.3, -0.25) is 4.98 Å². The zero-order valence-corrected chi connectivity index (χ0v) is 12.0. The number of benzene rings is 1. The van der Waals surface area contributed by atoms with Gasteiger partial charge >= 0.3 is 0 Å². The molecule has 2 aromatic heterocycles. The van der Waals surface area contributed by atoms with Crippen molar-refractivity contribution in [2.24, 2.45) is 5.73 Å². The van der Waals surface area contributed by atoms with Crippen molar-refractivity contribution in [2.45, 2.75) is 19.9 Å². The number of aromatic nitrogens is 4. The van der Waals surface area contributed by atoms with Gasteiger partial charge in [-0.15, -0.1) is 5.10 Å². The van der Waals surface area contributed by atoms with Crippen molar-refractivity contribution >= 4 is 22.5 Å². The van der Waals surface area contributed by atoms with E-state index < -0.39 is 0 Å². The topological polar surface area (TPSA) is 69.6 Å². The fourth-order valence-electron chi connectivity index (χ4n) is 2.28. The summed E-state index contributed by atoms with van der Waals surface area (Å²) in [5.74, 6) is 0. The normalized spacial score (nSPS) is 12.8. The number of hydrogen-bond donors (Lipinski definition) is 1. The predicted molar refractivity (Wildman–Crippen MR) is 79.0 cm³/mol. The highest BCUT2D eigenvalue weighted by atomic mass is 35.5. The Morgan fingerprint density at radius 1 is 1.30 bits per heavy atom. The number of nitrogens with two attached hydrogens (primary N) is 1. The lowest BCUT2D eigenvalue weighted by Crippen LogP contribution is -2.08. The first-order valence-electron chi connectivity index (χ1n) is 6.31. The van der Waals surface area contributed by atoms with Gasteiger partial charge in [-0.1, -0.05) is 16.8 Å². The van der Waals surface area contributed by atoms with Crippen molar-refractivity contribution in [1.29, 1.82) is 0 Å². The van der Waals surface area contributed by atoms with Crippen molar-refractivity contribution in [3.8, 4) is 5.69 Å². The quantitative estimate of drug-likeness (QED) is 0.787. The zero-order valence-electron chi connectivity index (χ0n) is 11.2. The Morgan fingerprint density at radius 3 is 2.80 bits per heavy atom. The highest BCUT2D eigenvalue weighted by molar-refractivity contribution is 6.35. The Hall–Kier alpha value is -1.98. The molecule has 1 atom stereocenters. The van der Waals surface area contributed by atoms with Crippen LogP contribution in [0.5, 0.6) is 0 Å². The number of hydrogen-bond acceptors (Lipinski definition) is 4. The Bertz CT molecular complexity index is 778. The first-order valence-corrected chi connectivity index (χ1v) is 6.68. The van der Waals surface area contributed by atoms with E-state index in [0.29, 0.717) is 5.02 Å². The van der Waals surface area contributed by atoms with Crippen LogP contribution in [0.1, 0.15) is 24.4 Å². The molecule has 2 heterocycles. The fraction of sp³-hybridized carbons (Fsp3) is 0.214. The molecule has 0 fully saturated rings. The summed E-state index contributed by atoms with van der Waals surface area (Å²) in [5, 5.41) is 9.90. The molecule has 0 amide bonds. The summed E-state index contributed by atoms with van der Waals surface area (Å²) in [4.78, 5) is 4.41. The lowest BCUT2D eigenvalue weighted by atomic mass is 10.1. The van der Waals surface area contributed by atoms with Gasteiger partial charge in [0.1, 0.15) is 5.69 Å². The minimum atomic E-state index is -0.157. The maximum Gasteiger partial charge on any atom is 0.102 e. The van der Waals surface area contributed by atoms with Gasteiger partial charge in [0.2, 0.25) is 0 Å². The van der Waals surface area contributed by atoms with Crippen molar-refractivity contribution in [3.63, 3.8) is 0 Å². The predicted octanol–water partition coefficient (Wildman–Crippen LogP) is 2.80. The Balaban J connectivity index is 2.28. The maximum atomic E-state index is 6.21. The van der Waals surface area contributed by atoms with E-state index in [9.17, 15) is 0 Å². The fourth-order valence-corrected chi connectivity index (χ4v) is 2.50. The van der Waals surface area contributed by atoms with E-state index in [2.05, 4.69) is 15.3 Å². The van der Waals surface area contributed by atoms with E-state index in [-0.39, 0.29) is 6.04 Å². The molecule has 102 valence electrons. The molecule has 0 saturated carbocycles. The third-order valence-electron chi connectivity index (χ3n) is 3.28. The second-order valence-corrected chi connectivity index (χ2v) is 5.13. The summed E-state index contributed by atoms with van der Waals surface area (Å²) in [5.41, 5.74) is 9.23. The third kappa shape index (κ3) is 1.95. The van der Waals surface area contributed by atoms with Gasteiger partial charge in [-0.2, -0.15) is 0 Å². The number of nitrogens with zero attached hydrogens (tertiary/aromatic N) is 4. The molecule has 0 spiro atoms. The first-order chi connectivity index (χ1) is 9.59. The van der Waals surface area contributed by atoms with E-state index in [4.69, 9.17) is 17.3 Å². The molecule has 1 aromatic carbocycles. The van der Waals surface area contributed by atoms with Gasteiger partial charge in [0, 0.05) is 17.6 Å². The lowest BCUT2D eigenvalue weighted by Gasteiger charge is -2.09. The van der Waals surface area contributed by atoms with Gasteiger partial charge in [-0.05, 0) is 38.1 Å². The van der Waals surface area contributed by atoms with Crippen LogP contribution in [0.25, 0.3) is 16.6 Å². The van der Waals surface area contributed by atoms with Crippen molar-refractivity contribution in [3.05, 3.63) is 46.9 Å². The summed E-state index contributed by atoms with van der Waals surface area (Å²) in [6.45, 7) is 3.83. The van der Waals surface area contributed by atoms with Crippen molar-refractivity contribution in [1.82, 2.24) is 20.0 Å². The molecule has 1 unspecified atom stereocenters. The lowest BCUT2D eigenvalue weighted by molar-refractivity contribution is 0.757. The van der Waals surface area contributed by atoms with Gasteiger partial charge in [-0.25, -0.2) is 4.68 Å². The summed E-state index contributed by atoms with van der Waals surface area (Å²) >= 11 is 6.21. The van der Waals surface area contributed by atoms with E-state index in [1.807, 2.05) is 38.1 Å². The largest absolute Gasteiger partial charge is 0.323 e. The van der Waals surface area contributed by atoms with Crippen LogP contribution in [0.2, 0.25) is 5.02 Å². The van der Waals surface area contributed by atoms with Crippen molar-refractivity contribution < 1.29 is 0 Å². The summed E-state index contributed by atoms with van der Waals surface area (Å²) in [7, 11) is 0. The SMILES string of the molecule is Cc1c(C(C)N)nnn1-c1ccc(Cl)c2cccnc12. The molecule has 3 rings (SSSR count). The number of rotatable bonds is 2. The molecule has 5 nitrogen and oxygen atoms in total. The standard InChI is InChI=1S/C14H14ClN5/c1-8(16)13-9(2)20(19-18-13)12-6-5-11(15)10-4-3-7-17-14(10)12/h3-8H,16H2,1-2H3. The third-order valence-corrected chi connectivity index (χ3v) is 3.61. The molecule has 6 heteroatoms. The van der Waals surface area contributed by atoms with Gasteiger partial charge in [0.25, 0.3) is 0 Å². The zero-order chi connectivity index (χ0) is 14.3. The smallest absolute Gasteiger partial charge is 0.102 e. The second-order valence-electron chi connectivity index (χ2n) is 4.73. The summed E-state index contributed by atoms with van der Waals surface area (Å²) in [6.07, 6.45) is 1.74. The molecular weight excluding hydrogens is 274 g/mol. The minimum absolute atomic E-state index is 0.157. The average molecular weight is 288 g/mol. The van der Waals surface area contributed by atoms with Crippen LogP contribution < -0.4 is 5.73 Å². The summed E-state index contributed by atoms with van der Waals surface area (Å²) < 4.78 is 1.75. The summed E-state index contributed by atoms with van der Waals surface area (Å²) in [6, 6.07) is 7.37. The van der Waals surface area contributed by atoms with Crippen LogP contribution >= 0.6 is 11.6 Å². The van der Waals surface area contributed by atoms with Gasteiger partial charge in [0.15, 0.2) is 0 Å². The number of halogens is 1. The van der Waals surface area contributed by atoms with Crippen LogP contribution in [-0.2, 0) is 0 Å². The van der Waals surface area contributed by atoms with Crippen LogP contribution in [0, 0.1) is 6.92 Å². The Labute approximate surface area is 121 Å². The molecule has 20 heavy (non-hydrogen) atoms. The molecule has 0 aliphatic carbocycles. The number of fused-ring (bicyclic) bond motifs is 1. The second kappa shape index (κ2) is 4.85. The molecule has 2 N–H and O–H groups in total.